The van der Waals surface area contributed by atoms with Crippen LogP contribution in [0.1, 0.15) is 24.0 Å². The third-order valence-corrected chi connectivity index (χ3v) is 4.51. The highest BCUT2D eigenvalue weighted by Gasteiger charge is 2.46. The molecule has 6 heteroatoms. The van der Waals surface area contributed by atoms with E-state index >= 15 is 0 Å². The lowest BCUT2D eigenvalue weighted by molar-refractivity contribution is -0.132. The zero-order valence-electron chi connectivity index (χ0n) is 11.9. The smallest absolute Gasteiger partial charge is 0.240 e. The molecule has 1 atom stereocenters. The minimum absolute atomic E-state index is 0.279. The fourth-order valence-electron chi connectivity index (χ4n) is 2.91. The zero-order valence-corrected chi connectivity index (χ0v) is 13.5. The van der Waals surface area contributed by atoms with Crippen molar-refractivity contribution in [3.8, 4) is 6.07 Å². The molecule has 1 fully saturated rings. The van der Waals surface area contributed by atoms with Gasteiger partial charge in [-0.2, -0.15) is 5.26 Å². The number of carbonyl (C=O) groups is 1. The maximum Gasteiger partial charge on any atom is 0.240 e. The van der Waals surface area contributed by atoms with Crippen molar-refractivity contribution in [2.75, 3.05) is 20.3 Å². The summed E-state index contributed by atoms with van der Waals surface area (Å²) in [5.74, 6) is -0.363. The van der Waals surface area contributed by atoms with Gasteiger partial charge < -0.3 is 10.5 Å². The van der Waals surface area contributed by atoms with Gasteiger partial charge in [0.1, 0.15) is 5.54 Å². The monoisotopic (exact) mass is 351 g/mol. The van der Waals surface area contributed by atoms with Gasteiger partial charge in [0.2, 0.25) is 5.91 Å². The molecule has 0 saturated carbocycles. The van der Waals surface area contributed by atoms with Crippen LogP contribution in [0.4, 0.5) is 0 Å². The van der Waals surface area contributed by atoms with Crippen molar-refractivity contribution in [2.24, 2.45) is 5.73 Å². The number of benzene rings is 1. The molecule has 0 spiro atoms. The van der Waals surface area contributed by atoms with Crippen LogP contribution in [0.25, 0.3) is 0 Å². The second-order valence-electron chi connectivity index (χ2n) is 5.27. The fourth-order valence-corrected chi connectivity index (χ4v) is 3.27. The molecule has 0 aliphatic carbocycles. The van der Waals surface area contributed by atoms with Crippen LogP contribution in [-0.2, 0) is 16.1 Å². The number of halogens is 1. The molecule has 1 heterocycles. The Morgan fingerprint density at radius 2 is 2.38 bits per heavy atom. The predicted molar refractivity (Wildman–Crippen MR) is 82.3 cm³/mol. The molecule has 5 nitrogen and oxygen atoms in total. The first-order chi connectivity index (χ1) is 10.0. The van der Waals surface area contributed by atoms with E-state index in [1.165, 1.54) is 0 Å². The highest BCUT2D eigenvalue weighted by molar-refractivity contribution is 9.10. The number of likely N-dealkylation sites (tertiary alicyclic amines) is 1. The minimum Gasteiger partial charge on any atom is -0.382 e. The number of nitrogens with two attached hydrogens (primary N) is 1. The Kier molecular flexibility index (Phi) is 4.99. The lowest BCUT2D eigenvalue weighted by Gasteiger charge is -2.35. The first-order valence-corrected chi connectivity index (χ1v) is 7.55. The first kappa shape index (κ1) is 16.0. The van der Waals surface area contributed by atoms with Crippen LogP contribution in [0.15, 0.2) is 22.7 Å². The standard InChI is InChI=1S/C15H18BrN3O2/c1-21-10-15(14(18)20)5-2-6-19(15)9-11-3-4-13(16)7-12(11)8-17/h3-4,7H,2,5-6,9-10H2,1H3,(H2,18,20). The third kappa shape index (κ3) is 3.10. The van der Waals surface area contributed by atoms with Crippen molar-refractivity contribution in [2.45, 2.75) is 24.9 Å². The molecule has 2 N–H and O–H groups in total. The Morgan fingerprint density at radius 3 is 3.00 bits per heavy atom. The Bertz CT molecular complexity index is 585. The number of rotatable bonds is 5. The molecule has 0 aromatic heterocycles. The van der Waals surface area contributed by atoms with E-state index in [4.69, 9.17) is 10.5 Å². The number of nitrogens with zero attached hydrogens (tertiary/aromatic N) is 2. The molecule has 0 bridgehead atoms. The molecule has 21 heavy (non-hydrogen) atoms. The highest BCUT2D eigenvalue weighted by atomic mass is 79.9. The average molecular weight is 352 g/mol. The van der Waals surface area contributed by atoms with E-state index in [2.05, 4.69) is 22.0 Å². The second kappa shape index (κ2) is 6.56. The summed E-state index contributed by atoms with van der Waals surface area (Å²) in [7, 11) is 1.57. The van der Waals surface area contributed by atoms with Gasteiger partial charge in [-0.15, -0.1) is 0 Å². The van der Waals surface area contributed by atoms with Gasteiger partial charge >= 0.3 is 0 Å². The van der Waals surface area contributed by atoms with Gasteiger partial charge in [-0.25, -0.2) is 0 Å². The second-order valence-corrected chi connectivity index (χ2v) is 6.18. The largest absolute Gasteiger partial charge is 0.382 e. The number of primary amides is 1. The quantitative estimate of drug-likeness (QED) is 0.876. The van der Waals surface area contributed by atoms with E-state index in [-0.39, 0.29) is 12.5 Å². The summed E-state index contributed by atoms with van der Waals surface area (Å²) in [5.41, 5.74) is 6.35. The minimum atomic E-state index is -0.769. The predicted octanol–water partition coefficient (Wildman–Crippen LogP) is 1.79. The van der Waals surface area contributed by atoms with Crippen LogP contribution < -0.4 is 5.73 Å². The van der Waals surface area contributed by atoms with Gasteiger partial charge in [0.05, 0.1) is 18.2 Å². The van der Waals surface area contributed by atoms with Gasteiger partial charge in [-0.1, -0.05) is 22.0 Å². The number of carbonyl (C=O) groups excluding carboxylic acids is 1. The highest BCUT2D eigenvalue weighted by Crippen LogP contribution is 2.32. The molecule has 1 aliphatic heterocycles. The summed E-state index contributed by atoms with van der Waals surface area (Å²) in [4.78, 5) is 14.0. The molecular formula is C15H18BrN3O2. The van der Waals surface area contributed by atoms with Gasteiger partial charge in [0.15, 0.2) is 0 Å². The normalized spacial score (nSPS) is 22.1. The summed E-state index contributed by atoms with van der Waals surface area (Å²) < 4.78 is 6.08. The van der Waals surface area contributed by atoms with E-state index in [0.29, 0.717) is 18.5 Å². The van der Waals surface area contributed by atoms with Gasteiger partial charge in [-0.05, 0) is 37.1 Å². The van der Waals surface area contributed by atoms with Crippen LogP contribution in [0, 0.1) is 11.3 Å². The third-order valence-electron chi connectivity index (χ3n) is 4.02. The molecule has 1 aromatic carbocycles. The molecule has 1 unspecified atom stereocenters. The van der Waals surface area contributed by atoms with E-state index in [0.717, 1.165) is 23.0 Å². The van der Waals surface area contributed by atoms with Crippen LogP contribution in [0.5, 0.6) is 0 Å². The van der Waals surface area contributed by atoms with E-state index in [1.807, 2.05) is 17.0 Å². The lowest BCUT2D eigenvalue weighted by Crippen LogP contribution is -2.56. The van der Waals surface area contributed by atoms with Gasteiger partial charge in [-0.3, -0.25) is 9.69 Å². The summed E-state index contributed by atoms with van der Waals surface area (Å²) in [6, 6.07) is 7.78. The molecule has 2 rings (SSSR count). The summed E-state index contributed by atoms with van der Waals surface area (Å²) in [6.07, 6.45) is 1.58. The fraction of sp³-hybridized carbons (Fsp3) is 0.467. The Labute approximate surface area is 132 Å². The molecule has 1 aliphatic rings. The van der Waals surface area contributed by atoms with Crippen molar-refractivity contribution in [3.05, 3.63) is 33.8 Å². The molecule has 112 valence electrons. The van der Waals surface area contributed by atoms with Crippen LogP contribution >= 0.6 is 15.9 Å². The summed E-state index contributed by atoms with van der Waals surface area (Å²) in [6.45, 7) is 1.57. The Hall–Kier alpha value is -1.42. The summed E-state index contributed by atoms with van der Waals surface area (Å²) in [5, 5.41) is 9.25. The van der Waals surface area contributed by atoms with Crippen LogP contribution in [-0.4, -0.2) is 36.6 Å². The van der Waals surface area contributed by atoms with Crippen molar-refractivity contribution in [1.29, 1.82) is 5.26 Å². The van der Waals surface area contributed by atoms with Crippen molar-refractivity contribution < 1.29 is 9.53 Å². The zero-order chi connectivity index (χ0) is 15.5. The number of nitriles is 1. The van der Waals surface area contributed by atoms with Crippen LogP contribution in [0.3, 0.4) is 0 Å². The Balaban J connectivity index is 2.30. The molecule has 1 saturated heterocycles. The van der Waals surface area contributed by atoms with Gasteiger partial charge in [0.25, 0.3) is 0 Å². The Morgan fingerprint density at radius 1 is 1.62 bits per heavy atom. The van der Waals surface area contributed by atoms with Gasteiger partial charge in [0, 0.05) is 18.1 Å². The lowest BCUT2D eigenvalue weighted by atomic mass is 9.95. The number of amides is 1. The number of hydrogen-bond acceptors (Lipinski definition) is 4. The van der Waals surface area contributed by atoms with E-state index in [9.17, 15) is 10.1 Å². The maximum atomic E-state index is 12.0. The van der Waals surface area contributed by atoms with Crippen molar-refractivity contribution in [1.82, 2.24) is 4.90 Å². The molecule has 0 radical (unpaired) electrons. The summed E-state index contributed by atoms with van der Waals surface area (Å²) >= 11 is 3.36. The van der Waals surface area contributed by atoms with E-state index in [1.54, 1.807) is 13.2 Å². The molecule has 1 aromatic rings. The van der Waals surface area contributed by atoms with Crippen molar-refractivity contribution >= 4 is 21.8 Å². The maximum absolute atomic E-state index is 12.0. The van der Waals surface area contributed by atoms with Crippen molar-refractivity contribution in [3.63, 3.8) is 0 Å². The average Bonchev–Trinajstić information content (AvgIpc) is 2.85. The van der Waals surface area contributed by atoms with E-state index < -0.39 is 5.54 Å². The topological polar surface area (TPSA) is 79.3 Å². The number of methoxy groups -OCH3 is 1. The number of hydrogen-bond donors (Lipinski definition) is 1. The first-order valence-electron chi connectivity index (χ1n) is 6.76. The molecular weight excluding hydrogens is 334 g/mol. The number of ether oxygens (including phenoxy) is 1. The van der Waals surface area contributed by atoms with Crippen LogP contribution in [0.2, 0.25) is 0 Å². The molecule has 1 amide bonds. The SMILES string of the molecule is COCC1(C(N)=O)CCCN1Cc1ccc(Br)cc1C#N.